The van der Waals surface area contributed by atoms with Gasteiger partial charge in [0, 0.05) is 12.3 Å². The summed E-state index contributed by atoms with van der Waals surface area (Å²) in [4.78, 5) is 16.8. The van der Waals surface area contributed by atoms with Crippen LogP contribution in [0.5, 0.6) is 5.88 Å². The van der Waals surface area contributed by atoms with Gasteiger partial charge in [-0.1, -0.05) is 12.1 Å². The Balaban J connectivity index is 2.06. The maximum Gasteiger partial charge on any atom is 0.300 e. The van der Waals surface area contributed by atoms with Crippen molar-refractivity contribution in [1.29, 1.82) is 5.26 Å². The number of pyridine rings is 2. The van der Waals surface area contributed by atoms with Crippen molar-refractivity contribution in [3.05, 3.63) is 54.0 Å². The van der Waals surface area contributed by atoms with Crippen LogP contribution in [0.25, 0.3) is 5.65 Å². The Bertz CT molecular complexity index is 955. The summed E-state index contributed by atoms with van der Waals surface area (Å²) in [5.41, 5.74) is 1.37. The number of aromatic nitrogens is 3. The fourth-order valence-corrected chi connectivity index (χ4v) is 2.55. The number of hydrogen-bond donors (Lipinski definition) is 1. The second kappa shape index (κ2) is 6.38. The predicted octanol–water partition coefficient (Wildman–Crippen LogP) is 1.17. The van der Waals surface area contributed by atoms with E-state index >= 15 is 0 Å². The first-order valence-electron chi connectivity index (χ1n) is 7.43. The number of nitriles is 1. The van der Waals surface area contributed by atoms with Gasteiger partial charge >= 0.3 is 0 Å². The molecule has 24 heavy (non-hydrogen) atoms. The summed E-state index contributed by atoms with van der Waals surface area (Å²) in [6.07, 6.45) is 3.42. The van der Waals surface area contributed by atoms with Crippen LogP contribution >= 0.6 is 0 Å². The molecule has 7 nitrogen and oxygen atoms in total. The van der Waals surface area contributed by atoms with E-state index in [2.05, 4.69) is 10.3 Å². The number of hydrogen-bond acceptors (Lipinski definition) is 4. The van der Waals surface area contributed by atoms with E-state index in [-0.39, 0.29) is 18.7 Å². The molecule has 1 N–H and O–H groups in total. The lowest BCUT2D eigenvalue weighted by Gasteiger charge is -2.07. The molecule has 0 radical (unpaired) electrons. The molecule has 3 rings (SSSR count). The van der Waals surface area contributed by atoms with E-state index in [1.165, 1.54) is 8.97 Å². The Morgan fingerprint density at radius 2 is 2.25 bits per heavy atom. The Hall–Kier alpha value is -3.40. The number of carbonyl (C=O) groups is 1. The van der Waals surface area contributed by atoms with Crippen molar-refractivity contribution in [3.8, 4) is 11.9 Å². The van der Waals surface area contributed by atoms with Crippen LogP contribution in [-0.2, 0) is 6.54 Å². The topological polar surface area (TPSA) is 97.1 Å². The quantitative estimate of drug-likeness (QED) is 0.729. The molecule has 3 aromatic rings. The van der Waals surface area contributed by atoms with E-state index in [4.69, 9.17) is 5.26 Å². The number of anilines is 1. The molecule has 7 heteroatoms. The van der Waals surface area contributed by atoms with Gasteiger partial charge in [-0.05, 0) is 24.6 Å². The lowest BCUT2D eigenvalue weighted by Crippen LogP contribution is -2.36. The Morgan fingerprint density at radius 1 is 1.42 bits per heavy atom. The minimum Gasteiger partial charge on any atom is -0.839 e. The summed E-state index contributed by atoms with van der Waals surface area (Å²) < 4.78 is 2.97. The van der Waals surface area contributed by atoms with Crippen LogP contribution in [0, 0.1) is 18.3 Å². The van der Waals surface area contributed by atoms with Crippen LogP contribution in [0.1, 0.15) is 22.5 Å². The number of nitrogens with zero attached hydrogens (tertiary/aromatic N) is 4. The Kier molecular flexibility index (Phi) is 4.12. The average Bonchev–Trinajstić information content (AvgIpc) is 2.86. The first kappa shape index (κ1) is 15.5. The summed E-state index contributed by atoms with van der Waals surface area (Å²) in [6, 6.07) is 10.9. The van der Waals surface area contributed by atoms with Gasteiger partial charge in [0.15, 0.2) is 0 Å². The van der Waals surface area contributed by atoms with Gasteiger partial charge in [-0.2, -0.15) is 9.66 Å². The molecular formula is C17H15N5O2. The highest BCUT2D eigenvalue weighted by Crippen LogP contribution is 2.17. The SMILES string of the molecule is Cc1cccnc1NC(=O)c1c([O-])[n+](CCC#N)c2ccccn12. The molecule has 120 valence electrons. The van der Waals surface area contributed by atoms with Crippen molar-refractivity contribution >= 4 is 17.4 Å². The number of rotatable bonds is 4. The molecule has 0 aliphatic heterocycles. The van der Waals surface area contributed by atoms with E-state index in [9.17, 15) is 9.90 Å². The van der Waals surface area contributed by atoms with Gasteiger partial charge in [-0.25, -0.2) is 9.55 Å². The molecule has 0 saturated heterocycles. The minimum atomic E-state index is -0.529. The molecule has 0 spiro atoms. The van der Waals surface area contributed by atoms with Crippen molar-refractivity contribution in [3.63, 3.8) is 0 Å². The lowest BCUT2D eigenvalue weighted by molar-refractivity contribution is -0.711. The number of aryl methyl sites for hydroxylation is 2. The second-order valence-corrected chi connectivity index (χ2v) is 5.27. The molecule has 3 heterocycles. The van der Waals surface area contributed by atoms with Crippen molar-refractivity contribution in [2.24, 2.45) is 0 Å². The second-order valence-electron chi connectivity index (χ2n) is 5.27. The van der Waals surface area contributed by atoms with Crippen LogP contribution in [0.4, 0.5) is 5.82 Å². The third-order valence-corrected chi connectivity index (χ3v) is 3.71. The summed E-state index contributed by atoms with van der Waals surface area (Å²) in [7, 11) is 0. The van der Waals surface area contributed by atoms with E-state index in [1.54, 1.807) is 36.7 Å². The molecule has 3 aromatic heterocycles. The smallest absolute Gasteiger partial charge is 0.300 e. The zero-order valence-corrected chi connectivity index (χ0v) is 13.1. The maximum absolute atomic E-state index is 12.7. The van der Waals surface area contributed by atoms with Crippen LogP contribution < -0.4 is 15.0 Å². The molecule has 0 unspecified atom stereocenters. The highest BCUT2D eigenvalue weighted by Gasteiger charge is 2.25. The number of nitrogens with one attached hydrogen (secondary N) is 1. The molecular weight excluding hydrogens is 306 g/mol. The molecule has 0 fully saturated rings. The van der Waals surface area contributed by atoms with E-state index < -0.39 is 11.8 Å². The van der Waals surface area contributed by atoms with Crippen molar-refractivity contribution in [1.82, 2.24) is 9.38 Å². The normalized spacial score (nSPS) is 10.5. The van der Waals surface area contributed by atoms with Gasteiger partial charge in [-0.3, -0.25) is 4.79 Å². The fourth-order valence-electron chi connectivity index (χ4n) is 2.55. The van der Waals surface area contributed by atoms with Gasteiger partial charge in [0.05, 0.1) is 18.7 Å². The number of carbonyl (C=O) groups excluding carboxylic acids is 1. The zero-order chi connectivity index (χ0) is 17.1. The van der Waals surface area contributed by atoms with Crippen LogP contribution in [0.15, 0.2) is 42.7 Å². The largest absolute Gasteiger partial charge is 0.839 e. The predicted molar refractivity (Wildman–Crippen MR) is 84.2 cm³/mol. The van der Waals surface area contributed by atoms with Crippen molar-refractivity contribution < 1.29 is 14.5 Å². The van der Waals surface area contributed by atoms with Crippen molar-refractivity contribution in [2.45, 2.75) is 19.9 Å². The monoisotopic (exact) mass is 321 g/mol. The highest BCUT2D eigenvalue weighted by atomic mass is 16.3. The third-order valence-electron chi connectivity index (χ3n) is 3.71. The van der Waals surface area contributed by atoms with Crippen molar-refractivity contribution in [2.75, 3.05) is 5.32 Å². The summed E-state index contributed by atoms with van der Waals surface area (Å²) in [5.74, 6) is -0.544. The van der Waals surface area contributed by atoms with Gasteiger partial charge in [0.1, 0.15) is 18.2 Å². The lowest BCUT2D eigenvalue weighted by atomic mass is 10.3. The summed E-state index contributed by atoms with van der Waals surface area (Å²) >= 11 is 0. The summed E-state index contributed by atoms with van der Waals surface area (Å²) in [5, 5.41) is 24.1. The molecule has 0 saturated carbocycles. The van der Waals surface area contributed by atoms with E-state index in [1.807, 2.05) is 19.1 Å². The molecule has 0 atom stereocenters. The average molecular weight is 321 g/mol. The van der Waals surface area contributed by atoms with E-state index in [0.29, 0.717) is 11.5 Å². The number of imidazole rings is 1. The Morgan fingerprint density at radius 3 is 3.00 bits per heavy atom. The van der Waals surface area contributed by atoms with Gasteiger partial charge in [0.2, 0.25) is 5.69 Å². The standard InChI is InChI=1S/C17H15N5O2/c1-12-6-4-9-19-15(12)20-16(23)14-17(24)22(11-5-8-18)13-7-2-3-10-21(13)14/h2-4,6-7,9-10H,5,11H2,1H3,(H-,19,20,23,24). The first-order valence-corrected chi connectivity index (χ1v) is 7.43. The molecule has 0 bridgehead atoms. The molecule has 0 aliphatic carbocycles. The molecule has 0 aliphatic rings. The van der Waals surface area contributed by atoms with Crippen LogP contribution in [-0.4, -0.2) is 15.3 Å². The van der Waals surface area contributed by atoms with Gasteiger partial charge in [0.25, 0.3) is 11.6 Å². The Labute approximate surface area is 138 Å². The fraction of sp³-hybridized carbons (Fsp3) is 0.176. The molecule has 0 aromatic carbocycles. The van der Waals surface area contributed by atoms with Crippen LogP contribution in [0.2, 0.25) is 0 Å². The zero-order valence-electron chi connectivity index (χ0n) is 13.1. The molecule has 1 amide bonds. The number of amides is 1. The number of fused-ring (bicyclic) bond motifs is 1. The highest BCUT2D eigenvalue weighted by molar-refractivity contribution is 6.04. The maximum atomic E-state index is 12.7. The van der Waals surface area contributed by atoms with Crippen LogP contribution in [0.3, 0.4) is 0 Å². The third kappa shape index (κ3) is 2.65. The minimum absolute atomic E-state index is 0.00593. The van der Waals surface area contributed by atoms with Gasteiger partial charge in [-0.15, -0.1) is 0 Å². The summed E-state index contributed by atoms with van der Waals surface area (Å²) in [6.45, 7) is 2.06. The van der Waals surface area contributed by atoms with Gasteiger partial charge < -0.3 is 10.4 Å². The van der Waals surface area contributed by atoms with E-state index in [0.717, 1.165) is 5.56 Å². The first-order chi connectivity index (χ1) is 11.6.